The lowest BCUT2D eigenvalue weighted by Crippen LogP contribution is -2.02. The Hall–Kier alpha value is -0.920. The number of allylic oxidation sites excluding steroid dienone is 2. The zero-order valence-corrected chi connectivity index (χ0v) is 13.2. The number of rotatable bonds is 12. The van der Waals surface area contributed by atoms with E-state index in [1.165, 1.54) is 76.8 Å². The third-order valence-corrected chi connectivity index (χ3v) is 3.95. The summed E-state index contributed by atoms with van der Waals surface area (Å²) in [5.41, 5.74) is 1.11. The molecule has 0 radical (unpaired) electrons. The van der Waals surface area contributed by atoms with Crippen LogP contribution >= 0.6 is 0 Å². The lowest BCUT2D eigenvalue weighted by atomic mass is 10.0. The van der Waals surface area contributed by atoms with E-state index in [1.54, 1.807) is 0 Å². The van der Waals surface area contributed by atoms with Crippen LogP contribution in [0.4, 0.5) is 0 Å². The fourth-order valence-electron chi connectivity index (χ4n) is 2.62. The van der Waals surface area contributed by atoms with Crippen LogP contribution in [0.2, 0.25) is 0 Å². The molecule has 0 aromatic heterocycles. The molecule has 114 valence electrons. The van der Waals surface area contributed by atoms with Crippen molar-refractivity contribution in [2.24, 2.45) is 4.99 Å². The number of unbranched alkanes of at least 4 members (excludes halogenated alkanes) is 10. The Morgan fingerprint density at radius 3 is 1.95 bits per heavy atom. The summed E-state index contributed by atoms with van der Waals surface area (Å²) in [6.45, 7) is 2.27. The number of hydrogen-bond acceptors (Lipinski definition) is 2. The quantitative estimate of drug-likeness (QED) is 0.426. The summed E-state index contributed by atoms with van der Waals surface area (Å²) in [4.78, 5) is 15.2. The average molecular weight is 277 g/mol. The first kappa shape index (κ1) is 17.1. The largest absolute Gasteiger partial charge is 0.293 e. The molecule has 20 heavy (non-hydrogen) atoms. The van der Waals surface area contributed by atoms with Crippen molar-refractivity contribution in [1.82, 2.24) is 0 Å². The second-order valence-corrected chi connectivity index (χ2v) is 5.91. The molecule has 1 aliphatic rings. The molecule has 2 heteroatoms. The number of aliphatic imine (C=N–C) groups is 1. The van der Waals surface area contributed by atoms with Crippen molar-refractivity contribution in [3.63, 3.8) is 0 Å². The van der Waals surface area contributed by atoms with Crippen molar-refractivity contribution in [3.8, 4) is 0 Å². The molecular weight excluding hydrogens is 246 g/mol. The number of carbonyl (C=O) groups is 1. The van der Waals surface area contributed by atoms with Crippen LogP contribution in [-0.4, -0.2) is 12.0 Å². The van der Waals surface area contributed by atoms with Gasteiger partial charge in [0.05, 0.1) is 6.21 Å². The van der Waals surface area contributed by atoms with Crippen molar-refractivity contribution < 1.29 is 4.79 Å². The maximum atomic E-state index is 11.0. The minimum absolute atomic E-state index is 0.132. The maximum Gasteiger partial charge on any atom is 0.177 e. The Labute approximate surface area is 124 Å². The fourth-order valence-corrected chi connectivity index (χ4v) is 2.62. The second kappa shape index (κ2) is 11.9. The predicted molar refractivity (Wildman–Crippen MR) is 87.3 cm³/mol. The Balaban J connectivity index is 1.81. The van der Waals surface area contributed by atoms with Gasteiger partial charge in [0.2, 0.25) is 0 Å². The van der Waals surface area contributed by atoms with Crippen LogP contribution in [0.25, 0.3) is 0 Å². The van der Waals surface area contributed by atoms with E-state index in [9.17, 15) is 4.79 Å². The molecule has 0 fully saturated rings. The number of nitrogens with zero attached hydrogens (tertiary/aromatic N) is 1. The molecule has 1 heterocycles. The molecule has 1 rings (SSSR count). The Morgan fingerprint density at radius 1 is 0.900 bits per heavy atom. The van der Waals surface area contributed by atoms with E-state index in [1.807, 2.05) is 6.08 Å². The predicted octanol–water partition coefficient (Wildman–Crippen LogP) is 5.62. The minimum atomic E-state index is 0.132. The lowest BCUT2D eigenvalue weighted by molar-refractivity contribution is -0.111. The molecule has 0 N–H and O–H groups in total. The molecule has 0 amide bonds. The Kier molecular flexibility index (Phi) is 10.2. The molecule has 0 bridgehead atoms. The Bertz CT molecular complexity index is 317. The normalized spacial score (nSPS) is 14.7. The van der Waals surface area contributed by atoms with Gasteiger partial charge in [-0.25, -0.2) is 0 Å². The second-order valence-electron chi connectivity index (χ2n) is 5.91. The monoisotopic (exact) mass is 277 g/mol. The van der Waals surface area contributed by atoms with E-state index in [-0.39, 0.29) is 5.78 Å². The third-order valence-electron chi connectivity index (χ3n) is 3.95. The fraction of sp³-hybridized carbons (Fsp3) is 0.778. The first-order valence-electron chi connectivity index (χ1n) is 8.59. The molecule has 0 unspecified atom stereocenters. The van der Waals surface area contributed by atoms with Crippen molar-refractivity contribution in [3.05, 3.63) is 11.8 Å². The van der Waals surface area contributed by atoms with Crippen LogP contribution in [-0.2, 0) is 4.79 Å². The number of hydrogen-bond donors (Lipinski definition) is 0. The van der Waals surface area contributed by atoms with E-state index in [0.29, 0.717) is 6.42 Å². The molecule has 0 aromatic rings. The molecule has 2 nitrogen and oxygen atoms in total. The number of Topliss-reactive ketones (excluding diaryl/α,β-unsaturated/α-hetero) is 1. The molecule has 0 saturated heterocycles. The highest BCUT2D eigenvalue weighted by Crippen LogP contribution is 2.16. The minimum Gasteiger partial charge on any atom is -0.293 e. The molecular formula is C18H31NO. The first-order chi connectivity index (χ1) is 9.83. The van der Waals surface area contributed by atoms with Gasteiger partial charge in [-0.3, -0.25) is 9.79 Å². The summed E-state index contributed by atoms with van der Waals surface area (Å²) in [6, 6.07) is 0. The van der Waals surface area contributed by atoms with Gasteiger partial charge in [0.15, 0.2) is 5.78 Å². The van der Waals surface area contributed by atoms with E-state index in [4.69, 9.17) is 0 Å². The molecule has 0 atom stereocenters. The van der Waals surface area contributed by atoms with Gasteiger partial charge in [0.1, 0.15) is 0 Å². The highest BCUT2D eigenvalue weighted by molar-refractivity contribution is 6.28. The maximum absolute atomic E-state index is 11.0. The van der Waals surface area contributed by atoms with E-state index in [0.717, 1.165) is 12.1 Å². The van der Waals surface area contributed by atoms with E-state index < -0.39 is 0 Å². The summed E-state index contributed by atoms with van der Waals surface area (Å²) in [5, 5.41) is 0. The van der Waals surface area contributed by atoms with Gasteiger partial charge in [-0.05, 0) is 12.8 Å². The number of carbonyl (C=O) groups excluding carboxylic acids is 1. The summed E-state index contributed by atoms with van der Waals surface area (Å²) in [7, 11) is 0. The van der Waals surface area contributed by atoms with Crippen LogP contribution in [0.1, 0.15) is 90.4 Å². The van der Waals surface area contributed by atoms with Crippen molar-refractivity contribution in [2.45, 2.75) is 90.4 Å². The highest BCUT2D eigenvalue weighted by Gasteiger charge is 2.04. The summed E-state index contributed by atoms with van der Waals surface area (Å²) in [5.74, 6) is 0.132. The lowest BCUT2D eigenvalue weighted by Gasteiger charge is -2.05. The number of ketones is 1. The zero-order chi connectivity index (χ0) is 14.5. The average Bonchev–Trinajstić information content (AvgIpc) is 2.47. The summed E-state index contributed by atoms with van der Waals surface area (Å²) in [6.07, 6.45) is 20.2. The van der Waals surface area contributed by atoms with Crippen LogP contribution in [0.5, 0.6) is 0 Å². The van der Waals surface area contributed by atoms with Gasteiger partial charge in [-0.15, -0.1) is 0 Å². The molecule has 0 aromatic carbocycles. The first-order valence-corrected chi connectivity index (χ1v) is 8.59. The van der Waals surface area contributed by atoms with Gasteiger partial charge in [0, 0.05) is 12.1 Å². The standard InChI is InChI=1S/C18H31NO/c1-2-3-4-5-6-7-8-9-10-11-12-13-17-14-15-18(20)16-19-17/h14,16H,2-13,15H2,1H3. The topological polar surface area (TPSA) is 29.4 Å². The van der Waals surface area contributed by atoms with E-state index >= 15 is 0 Å². The molecule has 0 aliphatic carbocycles. The summed E-state index contributed by atoms with van der Waals surface area (Å²) >= 11 is 0. The van der Waals surface area contributed by atoms with E-state index in [2.05, 4.69) is 11.9 Å². The van der Waals surface area contributed by atoms with Crippen molar-refractivity contribution >= 4 is 12.0 Å². The van der Waals surface area contributed by atoms with Gasteiger partial charge in [-0.2, -0.15) is 0 Å². The van der Waals surface area contributed by atoms with Crippen molar-refractivity contribution in [1.29, 1.82) is 0 Å². The van der Waals surface area contributed by atoms with Gasteiger partial charge in [0.25, 0.3) is 0 Å². The third kappa shape index (κ3) is 9.06. The highest BCUT2D eigenvalue weighted by atomic mass is 16.1. The molecule has 1 aliphatic heterocycles. The van der Waals surface area contributed by atoms with Gasteiger partial charge in [-0.1, -0.05) is 77.2 Å². The molecule has 0 saturated carbocycles. The van der Waals surface area contributed by atoms with Crippen LogP contribution in [0.3, 0.4) is 0 Å². The van der Waals surface area contributed by atoms with Crippen LogP contribution in [0, 0.1) is 0 Å². The van der Waals surface area contributed by atoms with Crippen LogP contribution < -0.4 is 0 Å². The zero-order valence-electron chi connectivity index (χ0n) is 13.2. The molecule has 0 spiro atoms. The van der Waals surface area contributed by atoms with Gasteiger partial charge < -0.3 is 0 Å². The van der Waals surface area contributed by atoms with Crippen LogP contribution in [0.15, 0.2) is 16.8 Å². The summed E-state index contributed by atoms with van der Waals surface area (Å²) < 4.78 is 0. The Morgan fingerprint density at radius 2 is 1.45 bits per heavy atom. The smallest absolute Gasteiger partial charge is 0.177 e. The SMILES string of the molecule is CCCCCCCCCCCCCC1=CCC(=O)C=N1. The van der Waals surface area contributed by atoms with Crippen molar-refractivity contribution in [2.75, 3.05) is 0 Å². The van der Waals surface area contributed by atoms with Gasteiger partial charge >= 0.3 is 0 Å².